The third-order valence-corrected chi connectivity index (χ3v) is 4.17. The van der Waals surface area contributed by atoms with Crippen LogP contribution < -0.4 is 10.5 Å². The molecule has 1 unspecified atom stereocenters. The van der Waals surface area contributed by atoms with Crippen LogP contribution in [0.25, 0.3) is 0 Å². The molecule has 2 rings (SSSR count). The molecule has 2 aromatic carbocycles. The lowest BCUT2D eigenvalue weighted by Crippen LogP contribution is -2.13. The lowest BCUT2D eigenvalue weighted by Gasteiger charge is -2.14. The third kappa shape index (κ3) is 3.80. The van der Waals surface area contributed by atoms with Gasteiger partial charge in [-0.1, -0.05) is 18.2 Å². The van der Waals surface area contributed by atoms with Crippen molar-refractivity contribution >= 4 is 15.9 Å². The average molecular weight is 356 g/mol. The van der Waals surface area contributed by atoms with Crippen LogP contribution >= 0.6 is 15.9 Å². The first-order valence-corrected chi connectivity index (χ1v) is 7.34. The summed E-state index contributed by atoms with van der Waals surface area (Å²) in [6.07, 6.45) is 1.38. The summed E-state index contributed by atoms with van der Waals surface area (Å²) in [5, 5.41) is 0. The topological polar surface area (TPSA) is 35.2 Å². The van der Waals surface area contributed by atoms with E-state index in [9.17, 15) is 8.78 Å². The number of benzene rings is 2. The van der Waals surface area contributed by atoms with Gasteiger partial charge in [-0.2, -0.15) is 0 Å². The lowest BCUT2D eigenvalue weighted by atomic mass is 9.99. The molecule has 0 aliphatic heterocycles. The molecule has 1 atom stereocenters. The molecule has 0 aliphatic rings. The monoisotopic (exact) mass is 355 g/mol. The highest BCUT2D eigenvalue weighted by molar-refractivity contribution is 9.10. The predicted molar refractivity (Wildman–Crippen MR) is 82.3 cm³/mol. The minimum atomic E-state index is -0.896. The Bertz CT molecular complexity index is 616. The van der Waals surface area contributed by atoms with Gasteiger partial charge in [-0.15, -0.1) is 0 Å². The molecule has 0 aliphatic carbocycles. The number of nitrogens with two attached hydrogens (primary N) is 1. The van der Waals surface area contributed by atoms with Gasteiger partial charge in [-0.3, -0.25) is 0 Å². The lowest BCUT2D eigenvalue weighted by molar-refractivity contribution is 0.414. The Hall–Kier alpha value is -1.46. The van der Waals surface area contributed by atoms with Crippen LogP contribution in [-0.4, -0.2) is 7.11 Å². The number of methoxy groups -OCH3 is 1. The van der Waals surface area contributed by atoms with E-state index in [1.807, 2.05) is 24.3 Å². The number of rotatable bonds is 5. The fraction of sp³-hybridized carbons (Fsp3) is 0.250. The number of ether oxygens (including phenoxy) is 1. The van der Waals surface area contributed by atoms with Crippen LogP contribution in [0.4, 0.5) is 8.78 Å². The van der Waals surface area contributed by atoms with Gasteiger partial charge in [-0.05, 0) is 58.1 Å². The summed E-state index contributed by atoms with van der Waals surface area (Å²) in [6, 6.07) is 9.95. The standard InChI is InChI=1S/C16H16BrF2NO/c1-21-11-5-2-10(3-6-11)4-9-14(20)12-7-8-13(18)16(19)15(12)17/h2-3,5-8,14H,4,9,20H2,1H3. The highest BCUT2D eigenvalue weighted by atomic mass is 79.9. The van der Waals surface area contributed by atoms with Crippen molar-refractivity contribution < 1.29 is 13.5 Å². The Kier molecular flexibility index (Phi) is 5.31. The van der Waals surface area contributed by atoms with Crippen molar-refractivity contribution in [1.82, 2.24) is 0 Å². The number of halogens is 3. The highest BCUT2D eigenvalue weighted by Gasteiger charge is 2.16. The van der Waals surface area contributed by atoms with Crippen molar-refractivity contribution in [3.63, 3.8) is 0 Å². The van der Waals surface area contributed by atoms with Gasteiger partial charge in [0.05, 0.1) is 11.6 Å². The molecular formula is C16H16BrF2NO. The highest BCUT2D eigenvalue weighted by Crippen LogP contribution is 2.29. The fourth-order valence-electron chi connectivity index (χ4n) is 2.10. The van der Waals surface area contributed by atoms with E-state index < -0.39 is 11.6 Å². The fourth-order valence-corrected chi connectivity index (χ4v) is 2.71. The van der Waals surface area contributed by atoms with Crippen LogP contribution in [0.5, 0.6) is 5.75 Å². The normalized spacial score (nSPS) is 12.2. The minimum absolute atomic E-state index is 0.102. The smallest absolute Gasteiger partial charge is 0.173 e. The maximum absolute atomic E-state index is 13.5. The summed E-state index contributed by atoms with van der Waals surface area (Å²) < 4.78 is 31.8. The van der Waals surface area contributed by atoms with Crippen molar-refractivity contribution in [3.8, 4) is 5.75 Å². The molecule has 5 heteroatoms. The Morgan fingerprint density at radius 2 is 1.81 bits per heavy atom. The summed E-state index contributed by atoms with van der Waals surface area (Å²) in [4.78, 5) is 0. The van der Waals surface area contributed by atoms with Gasteiger partial charge in [0.25, 0.3) is 0 Å². The molecule has 0 heterocycles. The molecule has 112 valence electrons. The predicted octanol–water partition coefficient (Wildman–Crippen LogP) is 4.37. The SMILES string of the molecule is COc1ccc(CCC(N)c2ccc(F)c(F)c2Br)cc1. The Morgan fingerprint density at radius 3 is 2.43 bits per heavy atom. The molecule has 0 saturated carbocycles. The molecule has 0 fully saturated rings. The summed E-state index contributed by atoms with van der Waals surface area (Å²) in [7, 11) is 1.62. The molecular weight excluding hydrogens is 340 g/mol. The second kappa shape index (κ2) is 7.00. The van der Waals surface area contributed by atoms with E-state index in [1.54, 1.807) is 7.11 Å². The zero-order valence-electron chi connectivity index (χ0n) is 11.6. The van der Waals surface area contributed by atoms with E-state index in [-0.39, 0.29) is 10.5 Å². The van der Waals surface area contributed by atoms with E-state index in [4.69, 9.17) is 10.5 Å². The van der Waals surface area contributed by atoms with Crippen molar-refractivity contribution in [2.24, 2.45) is 5.73 Å². The van der Waals surface area contributed by atoms with Crippen LogP contribution in [-0.2, 0) is 6.42 Å². The second-order valence-electron chi connectivity index (χ2n) is 4.76. The maximum Gasteiger partial charge on any atom is 0.173 e. The van der Waals surface area contributed by atoms with Crippen LogP contribution in [0.2, 0.25) is 0 Å². The first-order chi connectivity index (χ1) is 10.0. The summed E-state index contributed by atoms with van der Waals surface area (Å²) in [5.41, 5.74) is 7.76. The van der Waals surface area contributed by atoms with Crippen LogP contribution in [0.3, 0.4) is 0 Å². The number of hydrogen-bond donors (Lipinski definition) is 1. The number of hydrogen-bond acceptors (Lipinski definition) is 2. The van der Waals surface area contributed by atoms with Gasteiger partial charge in [-0.25, -0.2) is 8.78 Å². The quantitative estimate of drug-likeness (QED) is 0.808. The summed E-state index contributed by atoms with van der Waals surface area (Å²) in [5.74, 6) is -0.980. The molecule has 21 heavy (non-hydrogen) atoms. The molecule has 0 spiro atoms. The summed E-state index contributed by atoms with van der Waals surface area (Å²) >= 11 is 3.07. The van der Waals surface area contributed by atoms with Gasteiger partial charge in [0.2, 0.25) is 0 Å². The van der Waals surface area contributed by atoms with Gasteiger partial charge < -0.3 is 10.5 Å². The Morgan fingerprint density at radius 1 is 1.14 bits per heavy atom. The molecule has 0 bridgehead atoms. The zero-order chi connectivity index (χ0) is 15.4. The van der Waals surface area contributed by atoms with Crippen molar-refractivity contribution in [3.05, 3.63) is 63.6 Å². The maximum atomic E-state index is 13.5. The molecule has 0 saturated heterocycles. The summed E-state index contributed by atoms with van der Waals surface area (Å²) in [6.45, 7) is 0. The molecule has 2 aromatic rings. The van der Waals surface area contributed by atoms with Gasteiger partial charge in [0.15, 0.2) is 11.6 Å². The van der Waals surface area contributed by atoms with Crippen LogP contribution in [0.1, 0.15) is 23.6 Å². The molecule has 2 N–H and O–H groups in total. The zero-order valence-corrected chi connectivity index (χ0v) is 13.2. The van der Waals surface area contributed by atoms with Gasteiger partial charge >= 0.3 is 0 Å². The third-order valence-electron chi connectivity index (χ3n) is 3.37. The first kappa shape index (κ1) is 15.9. The largest absolute Gasteiger partial charge is 0.497 e. The van der Waals surface area contributed by atoms with Gasteiger partial charge in [0.1, 0.15) is 5.75 Å². The molecule has 0 aromatic heterocycles. The second-order valence-corrected chi connectivity index (χ2v) is 5.55. The molecule has 0 radical (unpaired) electrons. The van der Waals surface area contributed by atoms with Crippen LogP contribution in [0, 0.1) is 11.6 Å². The number of aryl methyl sites for hydroxylation is 1. The average Bonchev–Trinajstić information content (AvgIpc) is 2.51. The van der Waals surface area contributed by atoms with E-state index in [2.05, 4.69) is 15.9 Å². The van der Waals surface area contributed by atoms with E-state index >= 15 is 0 Å². The van der Waals surface area contributed by atoms with Crippen molar-refractivity contribution in [2.45, 2.75) is 18.9 Å². The van der Waals surface area contributed by atoms with E-state index in [0.717, 1.165) is 23.8 Å². The van der Waals surface area contributed by atoms with Gasteiger partial charge in [0, 0.05) is 6.04 Å². The van der Waals surface area contributed by atoms with E-state index in [0.29, 0.717) is 12.0 Å². The van der Waals surface area contributed by atoms with E-state index in [1.165, 1.54) is 6.07 Å². The van der Waals surface area contributed by atoms with Crippen molar-refractivity contribution in [1.29, 1.82) is 0 Å². The van der Waals surface area contributed by atoms with Crippen molar-refractivity contribution in [2.75, 3.05) is 7.11 Å². The van der Waals surface area contributed by atoms with Crippen LogP contribution in [0.15, 0.2) is 40.9 Å². The Labute approximate surface area is 131 Å². The molecule has 2 nitrogen and oxygen atoms in total. The minimum Gasteiger partial charge on any atom is -0.497 e. The Balaban J connectivity index is 2.04. The molecule has 0 amide bonds. The first-order valence-electron chi connectivity index (χ1n) is 6.55.